The molecule has 0 unspecified atom stereocenters. The monoisotopic (exact) mass is 436 g/mol. The topological polar surface area (TPSA) is 75.7 Å². The van der Waals surface area contributed by atoms with Gasteiger partial charge in [-0.1, -0.05) is 30.5 Å². The lowest BCUT2D eigenvalue weighted by Crippen LogP contribution is -2.32. The molecule has 0 aliphatic carbocycles. The maximum absolute atomic E-state index is 13.1. The third-order valence-corrected chi connectivity index (χ3v) is 7.44. The number of ether oxygens (including phenoxy) is 1. The predicted molar refractivity (Wildman–Crippen MR) is 114 cm³/mol. The molecule has 0 spiro atoms. The molecule has 1 heterocycles. The molecule has 0 saturated carbocycles. The second kappa shape index (κ2) is 9.15. The van der Waals surface area contributed by atoms with Crippen molar-refractivity contribution in [1.82, 2.24) is 4.31 Å². The van der Waals surface area contributed by atoms with Gasteiger partial charge in [0.1, 0.15) is 5.75 Å². The Morgan fingerprint density at radius 3 is 2.45 bits per heavy atom. The Balaban J connectivity index is 1.94. The van der Waals surface area contributed by atoms with Crippen LogP contribution in [0.4, 0.5) is 5.69 Å². The lowest BCUT2D eigenvalue weighted by atomic mass is 10.1. The van der Waals surface area contributed by atoms with Gasteiger partial charge < -0.3 is 10.1 Å². The number of carbonyl (C=O) groups excluding carboxylic acids is 1. The van der Waals surface area contributed by atoms with Crippen LogP contribution in [-0.4, -0.2) is 38.8 Å². The van der Waals surface area contributed by atoms with Crippen molar-refractivity contribution in [2.24, 2.45) is 0 Å². The highest BCUT2D eigenvalue weighted by atomic mass is 35.5. The van der Waals surface area contributed by atoms with E-state index in [-0.39, 0.29) is 10.5 Å². The van der Waals surface area contributed by atoms with Gasteiger partial charge >= 0.3 is 0 Å². The lowest BCUT2D eigenvalue weighted by Gasteiger charge is -2.21. The van der Waals surface area contributed by atoms with E-state index in [1.807, 2.05) is 0 Å². The number of benzene rings is 2. The first kappa shape index (κ1) is 21.6. The van der Waals surface area contributed by atoms with Crippen LogP contribution in [0.5, 0.6) is 5.75 Å². The second-order valence-corrected chi connectivity index (χ2v) is 9.39. The van der Waals surface area contributed by atoms with E-state index >= 15 is 0 Å². The molecule has 1 N–H and O–H groups in total. The van der Waals surface area contributed by atoms with Gasteiger partial charge in [-0.15, -0.1) is 0 Å². The van der Waals surface area contributed by atoms with Crippen molar-refractivity contribution in [2.75, 3.05) is 25.5 Å². The second-order valence-electron chi connectivity index (χ2n) is 7.05. The van der Waals surface area contributed by atoms with Crippen molar-refractivity contribution in [3.8, 4) is 5.75 Å². The number of nitrogens with one attached hydrogen (secondary N) is 1. The van der Waals surface area contributed by atoms with E-state index in [9.17, 15) is 13.2 Å². The third-order valence-electron chi connectivity index (χ3n) is 5.13. The van der Waals surface area contributed by atoms with Crippen molar-refractivity contribution >= 4 is 33.2 Å². The zero-order valence-electron chi connectivity index (χ0n) is 16.6. The van der Waals surface area contributed by atoms with Gasteiger partial charge in [0.15, 0.2) is 0 Å². The first-order valence-electron chi connectivity index (χ1n) is 9.59. The molecular formula is C21H25ClN2O4S. The van der Waals surface area contributed by atoms with Crippen molar-refractivity contribution in [2.45, 2.75) is 37.5 Å². The minimum Gasteiger partial charge on any atom is -0.496 e. The van der Waals surface area contributed by atoms with Crippen LogP contribution in [0.2, 0.25) is 5.02 Å². The Hall–Kier alpha value is -2.09. The van der Waals surface area contributed by atoms with Crippen molar-refractivity contribution in [1.29, 1.82) is 0 Å². The van der Waals surface area contributed by atoms with Crippen LogP contribution in [0.3, 0.4) is 0 Å². The van der Waals surface area contributed by atoms with Gasteiger partial charge in [-0.3, -0.25) is 4.79 Å². The van der Waals surface area contributed by atoms with E-state index in [4.69, 9.17) is 16.3 Å². The number of hydrogen-bond acceptors (Lipinski definition) is 4. The zero-order valence-corrected chi connectivity index (χ0v) is 18.1. The summed E-state index contributed by atoms with van der Waals surface area (Å²) < 4.78 is 33.0. The summed E-state index contributed by atoms with van der Waals surface area (Å²) in [6, 6.07) is 9.60. The minimum absolute atomic E-state index is 0.0909. The summed E-state index contributed by atoms with van der Waals surface area (Å²) in [5, 5.41) is 3.33. The summed E-state index contributed by atoms with van der Waals surface area (Å²) in [4.78, 5) is 13.0. The van der Waals surface area contributed by atoms with Crippen LogP contribution in [0.25, 0.3) is 0 Å². The van der Waals surface area contributed by atoms with Gasteiger partial charge in [0.25, 0.3) is 5.91 Å². The predicted octanol–water partition coefficient (Wildman–Crippen LogP) is 4.47. The smallest absolute Gasteiger partial charge is 0.259 e. The fraction of sp³-hybridized carbons (Fsp3) is 0.381. The first-order valence-corrected chi connectivity index (χ1v) is 11.4. The number of anilines is 1. The van der Waals surface area contributed by atoms with E-state index in [0.29, 0.717) is 29.5 Å². The third kappa shape index (κ3) is 4.74. The number of amides is 1. The van der Waals surface area contributed by atoms with E-state index in [0.717, 1.165) is 31.2 Å². The maximum Gasteiger partial charge on any atom is 0.259 e. The standard InChI is InChI=1S/C21H25ClN2O4S/c1-15-18(22)8-7-9-19(15)23-21(25)17-14-16(10-11-20(17)28-2)29(26,27)24-12-5-3-4-6-13-24/h7-11,14H,3-6,12-13H2,1-2H3,(H,23,25). The highest BCUT2D eigenvalue weighted by molar-refractivity contribution is 7.89. The van der Waals surface area contributed by atoms with E-state index in [2.05, 4.69) is 5.32 Å². The highest BCUT2D eigenvalue weighted by Gasteiger charge is 2.27. The molecule has 2 aromatic rings. The number of rotatable bonds is 5. The molecule has 0 bridgehead atoms. The summed E-state index contributed by atoms with van der Waals surface area (Å²) in [6.07, 6.45) is 3.75. The van der Waals surface area contributed by atoms with E-state index < -0.39 is 15.9 Å². The summed E-state index contributed by atoms with van der Waals surface area (Å²) in [6.45, 7) is 2.80. The van der Waals surface area contributed by atoms with Gasteiger partial charge in [-0.25, -0.2) is 8.42 Å². The van der Waals surface area contributed by atoms with E-state index in [1.165, 1.54) is 29.6 Å². The highest BCUT2D eigenvalue weighted by Crippen LogP contribution is 2.28. The summed E-state index contributed by atoms with van der Waals surface area (Å²) in [5.74, 6) is -0.155. The van der Waals surface area contributed by atoms with Crippen LogP contribution in [0.15, 0.2) is 41.3 Å². The molecule has 0 radical (unpaired) electrons. The minimum atomic E-state index is -3.68. The average Bonchev–Trinajstić information content (AvgIpc) is 3.01. The maximum atomic E-state index is 13.1. The Bertz CT molecular complexity index is 1000. The fourth-order valence-electron chi connectivity index (χ4n) is 3.39. The van der Waals surface area contributed by atoms with Crippen LogP contribution in [-0.2, 0) is 10.0 Å². The number of methoxy groups -OCH3 is 1. The molecule has 1 saturated heterocycles. The zero-order chi connectivity index (χ0) is 21.0. The van der Waals surface area contributed by atoms with Crippen molar-refractivity contribution < 1.29 is 17.9 Å². The average molecular weight is 437 g/mol. The van der Waals surface area contributed by atoms with Crippen molar-refractivity contribution in [3.63, 3.8) is 0 Å². The van der Waals surface area contributed by atoms with Gasteiger partial charge in [-0.05, 0) is 55.7 Å². The molecule has 6 nitrogen and oxygen atoms in total. The largest absolute Gasteiger partial charge is 0.496 e. The molecule has 3 rings (SSSR count). The van der Waals surface area contributed by atoms with Gasteiger partial charge in [0.2, 0.25) is 10.0 Å². The van der Waals surface area contributed by atoms with Gasteiger partial charge in [0, 0.05) is 23.8 Å². The van der Waals surface area contributed by atoms with Crippen LogP contribution >= 0.6 is 11.6 Å². The van der Waals surface area contributed by atoms with Crippen LogP contribution in [0, 0.1) is 6.92 Å². The van der Waals surface area contributed by atoms with Crippen LogP contribution < -0.4 is 10.1 Å². The lowest BCUT2D eigenvalue weighted by molar-refractivity contribution is 0.102. The molecule has 1 aliphatic heterocycles. The van der Waals surface area contributed by atoms with Crippen LogP contribution in [0.1, 0.15) is 41.6 Å². The Kier molecular flexibility index (Phi) is 6.82. The quantitative estimate of drug-likeness (QED) is 0.750. The fourth-order valence-corrected chi connectivity index (χ4v) is 5.11. The number of carbonyl (C=O) groups is 1. The molecular weight excluding hydrogens is 412 g/mol. The first-order chi connectivity index (χ1) is 13.8. The molecule has 1 aliphatic rings. The number of halogens is 1. The number of sulfonamides is 1. The molecule has 156 valence electrons. The Morgan fingerprint density at radius 2 is 1.79 bits per heavy atom. The molecule has 0 atom stereocenters. The van der Waals surface area contributed by atoms with Crippen molar-refractivity contribution in [3.05, 3.63) is 52.5 Å². The summed E-state index contributed by atoms with van der Waals surface area (Å²) in [5.41, 5.74) is 1.45. The molecule has 1 amide bonds. The summed E-state index contributed by atoms with van der Waals surface area (Å²) in [7, 11) is -2.23. The molecule has 8 heteroatoms. The molecule has 2 aromatic carbocycles. The number of nitrogens with zero attached hydrogens (tertiary/aromatic N) is 1. The normalized spacial score (nSPS) is 15.6. The van der Waals surface area contributed by atoms with Gasteiger partial charge in [-0.2, -0.15) is 4.31 Å². The summed E-state index contributed by atoms with van der Waals surface area (Å²) >= 11 is 6.13. The Morgan fingerprint density at radius 1 is 1.10 bits per heavy atom. The molecule has 1 fully saturated rings. The number of hydrogen-bond donors (Lipinski definition) is 1. The van der Waals surface area contributed by atoms with Gasteiger partial charge in [0.05, 0.1) is 17.6 Å². The molecule has 0 aromatic heterocycles. The SMILES string of the molecule is COc1ccc(S(=O)(=O)N2CCCCCC2)cc1C(=O)Nc1cccc(Cl)c1C. The van der Waals surface area contributed by atoms with E-state index in [1.54, 1.807) is 25.1 Å². The Labute approximate surface area is 176 Å². The molecule has 29 heavy (non-hydrogen) atoms.